The Morgan fingerprint density at radius 3 is 2.81 bits per heavy atom. The first-order valence-electron chi connectivity index (χ1n) is 7.45. The maximum Gasteiger partial charge on any atom is 0.319 e. The van der Waals surface area contributed by atoms with Gasteiger partial charge in [0.1, 0.15) is 0 Å². The molecule has 21 heavy (non-hydrogen) atoms. The van der Waals surface area contributed by atoms with Crippen LogP contribution in [0.1, 0.15) is 31.2 Å². The van der Waals surface area contributed by atoms with Gasteiger partial charge in [0.25, 0.3) is 0 Å². The van der Waals surface area contributed by atoms with Gasteiger partial charge in [-0.2, -0.15) is 0 Å². The van der Waals surface area contributed by atoms with Crippen molar-refractivity contribution in [1.29, 1.82) is 0 Å². The molecular formula is C16H21NO4. The lowest BCUT2D eigenvalue weighted by Gasteiger charge is -2.27. The molecule has 1 aromatic rings. The molecule has 0 bridgehead atoms. The Balaban J connectivity index is 1.72. The van der Waals surface area contributed by atoms with Crippen LogP contribution in [0.15, 0.2) is 18.2 Å². The summed E-state index contributed by atoms with van der Waals surface area (Å²) in [6.07, 6.45) is 4.79. The van der Waals surface area contributed by atoms with Gasteiger partial charge in [-0.25, -0.2) is 0 Å². The van der Waals surface area contributed by atoms with Gasteiger partial charge in [-0.1, -0.05) is 18.9 Å². The Kier molecular flexibility index (Phi) is 4.29. The highest BCUT2D eigenvalue weighted by atomic mass is 16.7. The van der Waals surface area contributed by atoms with E-state index in [1.165, 1.54) is 20.0 Å². The SMILES string of the molecule is COC(=O)CN(Cc1ccc2c(c1)OCO2)C1CCCC1. The lowest BCUT2D eigenvalue weighted by atomic mass is 10.1. The van der Waals surface area contributed by atoms with Crippen LogP contribution in [-0.2, 0) is 16.1 Å². The van der Waals surface area contributed by atoms with Gasteiger partial charge in [0.05, 0.1) is 13.7 Å². The van der Waals surface area contributed by atoms with Crippen molar-refractivity contribution in [3.63, 3.8) is 0 Å². The summed E-state index contributed by atoms with van der Waals surface area (Å²) in [5.74, 6) is 1.40. The molecule has 0 aromatic heterocycles. The second-order valence-electron chi connectivity index (χ2n) is 5.61. The Morgan fingerprint density at radius 1 is 1.29 bits per heavy atom. The third-order valence-corrected chi connectivity index (χ3v) is 4.22. The summed E-state index contributed by atoms with van der Waals surface area (Å²) in [6.45, 7) is 1.36. The average Bonchev–Trinajstić information content (AvgIpc) is 3.17. The largest absolute Gasteiger partial charge is 0.468 e. The summed E-state index contributed by atoms with van der Waals surface area (Å²) < 4.78 is 15.6. The number of benzene rings is 1. The Labute approximate surface area is 124 Å². The van der Waals surface area contributed by atoms with Crippen LogP contribution < -0.4 is 9.47 Å². The number of fused-ring (bicyclic) bond motifs is 1. The molecule has 0 atom stereocenters. The van der Waals surface area contributed by atoms with Gasteiger partial charge in [-0.05, 0) is 30.5 Å². The van der Waals surface area contributed by atoms with Gasteiger partial charge in [-0.15, -0.1) is 0 Å². The quantitative estimate of drug-likeness (QED) is 0.779. The molecule has 0 unspecified atom stereocenters. The number of rotatable bonds is 5. The number of hydrogen-bond donors (Lipinski definition) is 0. The second-order valence-corrected chi connectivity index (χ2v) is 5.61. The fraction of sp³-hybridized carbons (Fsp3) is 0.562. The predicted molar refractivity (Wildman–Crippen MR) is 77.2 cm³/mol. The summed E-state index contributed by atoms with van der Waals surface area (Å²) in [5.41, 5.74) is 1.13. The lowest BCUT2D eigenvalue weighted by Crippen LogP contribution is -2.37. The van der Waals surface area contributed by atoms with Gasteiger partial charge >= 0.3 is 5.97 Å². The van der Waals surface area contributed by atoms with E-state index >= 15 is 0 Å². The van der Waals surface area contributed by atoms with Crippen LogP contribution in [0.2, 0.25) is 0 Å². The minimum absolute atomic E-state index is 0.178. The Hall–Kier alpha value is -1.75. The highest BCUT2D eigenvalue weighted by Gasteiger charge is 2.25. The number of methoxy groups -OCH3 is 1. The first-order chi connectivity index (χ1) is 10.3. The molecule has 5 heteroatoms. The molecule has 0 radical (unpaired) electrons. The third-order valence-electron chi connectivity index (χ3n) is 4.22. The number of nitrogens with zero attached hydrogens (tertiary/aromatic N) is 1. The van der Waals surface area contributed by atoms with E-state index in [0.717, 1.165) is 36.4 Å². The Bertz CT molecular complexity index is 511. The van der Waals surface area contributed by atoms with Gasteiger partial charge in [0.15, 0.2) is 11.5 Å². The fourth-order valence-electron chi connectivity index (χ4n) is 3.09. The molecule has 0 saturated heterocycles. The highest BCUT2D eigenvalue weighted by molar-refractivity contribution is 5.71. The molecule has 5 nitrogen and oxygen atoms in total. The molecule has 0 N–H and O–H groups in total. The fourth-order valence-corrected chi connectivity index (χ4v) is 3.09. The van der Waals surface area contributed by atoms with Crippen LogP contribution in [0.5, 0.6) is 11.5 Å². The standard InChI is InChI=1S/C16H21NO4/c1-19-16(18)10-17(13-4-2-3-5-13)9-12-6-7-14-15(8-12)21-11-20-14/h6-8,13H,2-5,9-11H2,1H3. The van der Waals surface area contributed by atoms with E-state index in [9.17, 15) is 4.79 Å². The monoisotopic (exact) mass is 291 g/mol. The molecule has 0 spiro atoms. The van der Waals surface area contributed by atoms with E-state index in [4.69, 9.17) is 14.2 Å². The second kappa shape index (κ2) is 6.35. The van der Waals surface area contributed by atoms with Crippen LogP contribution >= 0.6 is 0 Å². The van der Waals surface area contributed by atoms with Crippen molar-refractivity contribution in [3.8, 4) is 11.5 Å². The maximum atomic E-state index is 11.6. The lowest BCUT2D eigenvalue weighted by molar-refractivity contribution is -0.142. The Morgan fingerprint density at radius 2 is 2.05 bits per heavy atom. The highest BCUT2D eigenvalue weighted by Crippen LogP contribution is 2.33. The van der Waals surface area contributed by atoms with Gasteiger partial charge in [0, 0.05) is 12.6 Å². The van der Waals surface area contributed by atoms with Crippen molar-refractivity contribution < 1.29 is 19.0 Å². The number of esters is 1. The molecule has 114 valence electrons. The smallest absolute Gasteiger partial charge is 0.319 e. The minimum Gasteiger partial charge on any atom is -0.468 e. The van der Waals surface area contributed by atoms with E-state index in [2.05, 4.69) is 4.90 Å². The van der Waals surface area contributed by atoms with Crippen LogP contribution in [0, 0.1) is 0 Å². The molecule has 2 aliphatic rings. The zero-order chi connectivity index (χ0) is 14.7. The first-order valence-corrected chi connectivity index (χ1v) is 7.45. The van der Waals surface area contributed by atoms with Crippen LogP contribution in [0.4, 0.5) is 0 Å². The molecule has 1 heterocycles. The molecule has 1 aliphatic heterocycles. The number of ether oxygens (including phenoxy) is 3. The van der Waals surface area contributed by atoms with Crippen molar-refractivity contribution in [2.24, 2.45) is 0 Å². The molecule has 1 aliphatic carbocycles. The summed E-state index contributed by atoms with van der Waals surface area (Å²) in [7, 11) is 1.44. The normalized spacial score (nSPS) is 17.4. The average molecular weight is 291 g/mol. The number of hydrogen-bond acceptors (Lipinski definition) is 5. The van der Waals surface area contributed by atoms with E-state index in [1.54, 1.807) is 0 Å². The molecular weight excluding hydrogens is 270 g/mol. The van der Waals surface area contributed by atoms with E-state index in [0.29, 0.717) is 12.6 Å². The first kappa shape index (κ1) is 14.2. The van der Waals surface area contributed by atoms with E-state index in [-0.39, 0.29) is 12.8 Å². The van der Waals surface area contributed by atoms with E-state index in [1.807, 2.05) is 18.2 Å². The van der Waals surface area contributed by atoms with Crippen LogP contribution in [0.25, 0.3) is 0 Å². The predicted octanol–water partition coefficient (Wildman–Crippen LogP) is 2.33. The molecule has 3 rings (SSSR count). The molecule has 1 saturated carbocycles. The van der Waals surface area contributed by atoms with Gasteiger partial charge in [-0.3, -0.25) is 9.69 Å². The van der Waals surface area contributed by atoms with Crippen molar-refractivity contribution in [2.45, 2.75) is 38.3 Å². The van der Waals surface area contributed by atoms with Crippen molar-refractivity contribution >= 4 is 5.97 Å². The van der Waals surface area contributed by atoms with Crippen molar-refractivity contribution in [2.75, 3.05) is 20.4 Å². The summed E-state index contributed by atoms with van der Waals surface area (Å²) in [4.78, 5) is 13.9. The number of carbonyl (C=O) groups is 1. The molecule has 0 amide bonds. The number of carbonyl (C=O) groups excluding carboxylic acids is 1. The van der Waals surface area contributed by atoms with Gasteiger partial charge < -0.3 is 14.2 Å². The summed E-state index contributed by atoms with van der Waals surface area (Å²) >= 11 is 0. The van der Waals surface area contributed by atoms with Crippen LogP contribution in [-0.4, -0.2) is 37.4 Å². The van der Waals surface area contributed by atoms with Crippen molar-refractivity contribution in [1.82, 2.24) is 4.90 Å². The van der Waals surface area contributed by atoms with Crippen LogP contribution in [0.3, 0.4) is 0 Å². The van der Waals surface area contributed by atoms with Crippen molar-refractivity contribution in [3.05, 3.63) is 23.8 Å². The third kappa shape index (κ3) is 3.29. The summed E-state index contributed by atoms with van der Waals surface area (Å²) in [5, 5.41) is 0. The maximum absolute atomic E-state index is 11.6. The summed E-state index contributed by atoms with van der Waals surface area (Å²) in [6, 6.07) is 6.44. The molecule has 1 fully saturated rings. The van der Waals surface area contributed by atoms with Gasteiger partial charge in [0.2, 0.25) is 6.79 Å². The van der Waals surface area contributed by atoms with E-state index < -0.39 is 0 Å². The zero-order valence-electron chi connectivity index (χ0n) is 12.3. The molecule has 1 aromatic carbocycles. The minimum atomic E-state index is -0.178. The zero-order valence-corrected chi connectivity index (χ0v) is 12.3. The topological polar surface area (TPSA) is 48.0 Å².